The summed E-state index contributed by atoms with van der Waals surface area (Å²) in [6.45, 7) is 2.65. The van der Waals surface area contributed by atoms with Crippen LogP contribution in [0.2, 0.25) is 5.02 Å². The van der Waals surface area contributed by atoms with Gasteiger partial charge in [0.05, 0.1) is 33.1 Å². The largest absolute Gasteiger partial charge is 0.593 e. The summed E-state index contributed by atoms with van der Waals surface area (Å²) in [5.41, 5.74) is 2.36. The molecule has 0 aliphatic heterocycles. The van der Waals surface area contributed by atoms with Crippen LogP contribution in [-0.2, 0) is 11.4 Å². The van der Waals surface area contributed by atoms with Crippen molar-refractivity contribution in [1.29, 1.82) is 5.41 Å². The minimum Gasteiger partial charge on any atom is -0.593 e. The molecule has 3 rings (SSSR count). The Labute approximate surface area is 158 Å². The molecule has 1 aromatic carbocycles. The summed E-state index contributed by atoms with van der Waals surface area (Å²) >= 11 is 4.96. The van der Waals surface area contributed by atoms with Crippen molar-refractivity contribution in [1.82, 2.24) is 15.0 Å². The zero-order chi connectivity index (χ0) is 18.7. The maximum Gasteiger partial charge on any atom is 0.231 e. The van der Waals surface area contributed by atoms with Gasteiger partial charge in [0, 0.05) is 24.5 Å². The molecule has 1 unspecified atom stereocenters. The third-order valence-electron chi connectivity index (χ3n) is 3.58. The Bertz CT molecular complexity index is 944. The van der Waals surface area contributed by atoms with Crippen molar-refractivity contribution in [3.05, 3.63) is 35.0 Å². The van der Waals surface area contributed by atoms with E-state index in [1.807, 2.05) is 6.92 Å². The van der Waals surface area contributed by atoms with Gasteiger partial charge in [0.2, 0.25) is 5.95 Å². The highest BCUT2D eigenvalue weighted by Crippen LogP contribution is 2.31. The zero-order valence-corrected chi connectivity index (χ0v) is 15.8. The number of hydrogen-bond donors (Lipinski definition) is 5. The van der Waals surface area contributed by atoms with Crippen LogP contribution in [0.15, 0.2) is 24.4 Å². The second-order valence-electron chi connectivity index (χ2n) is 5.38. The summed E-state index contributed by atoms with van der Waals surface area (Å²) in [4.78, 5) is 12.0. The number of aromatic amines is 1. The first kappa shape index (κ1) is 18.3. The van der Waals surface area contributed by atoms with Crippen molar-refractivity contribution < 1.29 is 4.55 Å². The van der Waals surface area contributed by atoms with E-state index in [4.69, 9.17) is 17.0 Å². The number of halogens is 1. The molecule has 0 amide bonds. The maximum atomic E-state index is 11.5. The number of aromatic nitrogens is 3. The van der Waals surface area contributed by atoms with Crippen LogP contribution in [0.5, 0.6) is 0 Å². The number of nitrogens with zero attached hydrogens (tertiary/aromatic N) is 2. The van der Waals surface area contributed by atoms with Gasteiger partial charge in [-0.15, -0.1) is 0 Å². The molecule has 8 nitrogen and oxygen atoms in total. The number of anilines is 4. The number of rotatable bonds is 7. The zero-order valence-electron chi connectivity index (χ0n) is 14.2. The van der Waals surface area contributed by atoms with Crippen molar-refractivity contribution >= 4 is 63.4 Å². The number of benzene rings is 1. The molecule has 1 atom stereocenters. The lowest BCUT2D eigenvalue weighted by Crippen LogP contribution is -2.12. The number of hydrogen-bond acceptors (Lipinski definition) is 7. The van der Waals surface area contributed by atoms with Gasteiger partial charge >= 0.3 is 0 Å². The Kier molecular flexibility index (Phi) is 5.50. The van der Waals surface area contributed by atoms with Crippen LogP contribution < -0.4 is 15.4 Å². The molecule has 0 aliphatic carbocycles. The molecule has 0 radical (unpaired) electrons. The molecule has 136 valence electrons. The molecule has 0 spiro atoms. The van der Waals surface area contributed by atoms with E-state index >= 15 is 0 Å². The normalized spacial score (nSPS) is 12.0. The van der Waals surface area contributed by atoms with E-state index in [0.29, 0.717) is 45.9 Å². The number of fused-ring (bicyclic) bond motifs is 1. The predicted octanol–water partition coefficient (Wildman–Crippen LogP) is 3.49. The molecule has 0 fully saturated rings. The van der Waals surface area contributed by atoms with Crippen LogP contribution in [-0.4, -0.2) is 38.5 Å². The van der Waals surface area contributed by atoms with Gasteiger partial charge in [-0.25, -0.2) is 4.72 Å². The van der Waals surface area contributed by atoms with Gasteiger partial charge in [0.1, 0.15) is 17.7 Å². The van der Waals surface area contributed by atoms with Crippen LogP contribution in [0.1, 0.15) is 12.5 Å². The summed E-state index contributed by atoms with van der Waals surface area (Å²) in [5.74, 6) is 0.969. The second-order valence-corrected chi connectivity index (χ2v) is 6.90. The monoisotopic (exact) mass is 391 g/mol. The van der Waals surface area contributed by atoms with Gasteiger partial charge in [-0.3, -0.25) is 0 Å². The second kappa shape index (κ2) is 7.81. The van der Waals surface area contributed by atoms with Gasteiger partial charge < -0.3 is 25.6 Å². The van der Waals surface area contributed by atoms with E-state index in [0.717, 1.165) is 5.39 Å². The van der Waals surface area contributed by atoms with Gasteiger partial charge in [0.15, 0.2) is 0 Å². The smallest absolute Gasteiger partial charge is 0.231 e. The standard InChI is InChI=1S/C16H18ClN7OS/c1-3-19-14-13-10(17)8-20-15(13)23-16(22-14)21-11-5-4-6-12(9(11)7-18)24-26(2)25/h4-8,18,24H,3H2,1-2H3,(H3,19,20,21,22,23). The van der Waals surface area contributed by atoms with Crippen LogP contribution in [0, 0.1) is 5.41 Å². The van der Waals surface area contributed by atoms with E-state index in [-0.39, 0.29) is 0 Å². The highest BCUT2D eigenvalue weighted by Gasteiger charge is 2.15. The van der Waals surface area contributed by atoms with Gasteiger partial charge in [-0.1, -0.05) is 17.7 Å². The Morgan fingerprint density at radius 3 is 2.81 bits per heavy atom. The van der Waals surface area contributed by atoms with E-state index in [1.54, 1.807) is 24.4 Å². The average molecular weight is 392 g/mol. The molecule has 0 saturated carbocycles. The summed E-state index contributed by atoms with van der Waals surface area (Å²) in [6.07, 6.45) is 4.38. The highest BCUT2D eigenvalue weighted by atomic mass is 35.5. The SMILES string of the molecule is CCNc1nc(Nc2cccc(N[S+](C)[O-])c2C=N)nc2[nH]cc(Cl)c12. The van der Waals surface area contributed by atoms with Crippen LogP contribution in [0.3, 0.4) is 0 Å². The van der Waals surface area contributed by atoms with E-state index in [1.165, 1.54) is 12.5 Å². The fraction of sp³-hybridized carbons (Fsp3) is 0.188. The first-order chi connectivity index (χ1) is 12.5. The maximum absolute atomic E-state index is 11.5. The average Bonchev–Trinajstić information content (AvgIpc) is 2.96. The number of H-pyrrole nitrogens is 1. The lowest BCUT2D eigenvalue weighted by atomic mass is 10.1. The summed E-state index contributed by atoms with van der Waals surface area (Å²) in [6, 6.07) is 5.35. The van der Waals surface area contributed by atoms with Gasteiger partial charge in [-0.05, 0) is 19.1 Å². The van der Waals surface area contributed by atoms with Crippen molar-refractivity contribution in [2.75, 3.05) is 28.2 Å². The first-order valence-corrected chi connectivity index (χ1v) is 9.76. The Balaban J connectivity index is 2.02. The molecular formula is C16H18ClN7OS. The quantitative estimate of drug-likeness (QED) is 0.310. The molecule has 5 N–H and O–H groups in total. The first-order valence-electron chi connectivity index (χ1n) is 7.82. The lowest BCUT2D eigenvalue weighted by molar-refractivity contribution is 0.605. The van der Waals surface area contributed by atoms with Crippen LogP contribution >= 0.6 is 11.6 Å². The predicted molar refractivity (Wildman–Crippen MR) is 108 cm³/mol. The van der Waals surface area contributed by atoms with E-state index in [2.05, 4.69) is 30.3 Å². The fourth-order valence-electron chi connectivity index (χ4n) is 2.54. The molecule has 10 heteroatoms. The summed E-state index contributed by atoms with van der Waals surface area (Å²) in [5, 5.41) is 15.3. The molecule has 0 bridgehead atoms. The van der Waals surface area contributed by atoms with Gasteiger partial charge in [-0.2, -0.15) is 9.97 Å². The summed E-state index contributed by atoms with van der Waals surface area (Å²) < 4.78 is 14.3. The Morgan fingerprint density at radius 2 is 2.12 bits per heavy atom. The topological polar surface area (TPSA) is 125 Å². The van der Waals surface area contributed by atoms with Crippen LogP contribution in [0.25, 0.3) is 11.0 Å². The minimum absolute atomic E-state index is 0.352. The van der Waals surface area contributed by atoms with Crippen LogP contribution in [0.4, 0.5) is 23.1 Å². The molecule has 3 aromatic rings. The third kappa shape index (κ3) is 3.69. The lowest BCUT2D eigenvalue weighted by Gasteiger charge is -2.14. The van der Waals surface area contributed by atoms with Crippen molar-refractivity contribution in [2.24, 2.45) is 0 Å². The molecule has 26 heavy (non-hydrogen) atoms. The molecule has 0 aliphatic rings. The van der Waals surface area contributed by atoms with Crippen molar-refractivity contribution in [3.8, 4) is 0 Å². The fourth-order valence-corrected chi connectivity index (χ4v) is 3.26. The Morgan fingerprint density at radius 1 is 1.35 bits per heavy atom. The van der Waals surface area contributed by atoms with Gasteiger partial charge in [0.25, 0.3) is 0 Å². The van der Waals surface area contributed by atoms with Crippen molar-refractivity contribution in [3.63, 3.8) is 0 Å². The van der Waals surface area contributed by atoms with E-state index < -0.39 is 11.4 Å². The molecular weight excluding hydrogens is 374 g/mol. The molecule has 2 heterocycles. The number of nitrogens with one attached hydrogen (secondary N) is 5. The molecule has 2 aromatic heterocycles. The van der Waals surface area contributed by atoms with E-state index in [9.17, 15) is 4.55 Å². The summed E-state index contributed by atoms with van der Waals surface area (Å²) in [7, 11) is 0. The highest BCUT2D eigenvalue weighted by molar-refractivity contribution is 7.92. The minimum atomic E-state index is -1.25. The molecule has 0 saturated heterocycles. The Hall–Kier alpha value is -2.49. The van der Waals surface area contributed by atoms with Crippen molar-refractivity contribution in [2.45, 2.75) is 6.92 Å². The third-order valence-corrected chi connectivity index (χ3v) is 4.38.